The molecule has 0 radical (unpaired) electrons. The molecule has 0 aliphatic carbocycles. The van der Waals surface area contributed by atoms with Gasteiger partial charge in [-0.1, -0.05) is 33.3 Å². The lowest BCUT2D eigenvalue weighted by molar-refractivity contribution is 0.228. The number of anilines is 1. The molecule has 2 heterocycles. The average Bonchev–Trinajstić information content (AvgIpc) is 2.87. The van der Waals surface area contributed by atoms with Crippen LogP contribution < -0.4 is 5.32 Å². The average molecular weight is 275 g/mol. The van der Waals surface area contributed by atoms with Gasteiger partial charge in [-0.3, -0.25) is 4.90 Å². The standard InChI is InChI=1S/C17H29N3/c1-4-5-10-18-17-9-8-15(12-19-17)16-7-6-11-20(16)13-14(2)3/h8-9,12,14,16H,4-7,10-11,13H2,1-3H3,(H,18,19). The normalized spacial score (nSPS) is 19.7. The zero-order chi connectivity index (χ0) is 14.4. The molecule has 1 fully saturated rings. The van der Waals surface area contributed by atoms with Crippen molar-refractivity contribution in [3.63, 3.8) is 0 Å². The Morgan fingerprint density at radius 3 is 2.90 bits per heavy atom. The molecule has 112 valence electrons. The van der Waals surface area contributed by atoms with Gasteiger partial charge in [0.25, 0.3) is 0 Å². The first kappa shape index (κ1) is 15.3. The Bertz CT molecular complexity index is 386. The SMILES string of the molecule is CCCCNc1ccc(C2CCCN2CC(C)C)cn1. The Balaban J connectivity index is 1.94. The van der Waals surface area contributed by atoms with Crippen molar-refractivity contribution < 1.29 is 0 Å². The first-order valence-electron chi connectivity index (χ1n) is 8.14. The number of hydrogen-bond acceptors (Lipinski definition) is 3. The van der Waals surface area contributed by atoms with Gasteiger partial charge in [0.15, 0.2) is 0 Å². The van der Waals surface area contributed by atoms with Crippen LogP contribution in [0.1, 0.15) is 58.1 Å². The van der Waals surface area contributed by atoms with Crippen LogP contribution in [-0.4, -0.2) is 29.5 Å². The summed E-state index contributed by atoms with van der Waals surface area (Å²) in [7, 11) is 0. The van der Waals surface area contributed by atoms with Gasteiger partial charge in [-0.25, -0.2) is 4.98 Å². The molecule has 20 heavy (non-hydrogen) atoms. The van der Waals surface area contributed by atoms with Crippen molar-refractivity contribution in [3.05, 3.63) is 23.9 Å². The minimum Gasteiger partial charge on any atom is -0.370 e. The predicted molar refractivity (Wildman–Crippen MR) is 86.0 cm³/mol. The van der Waals surface area contributed by atoms with E-state index in [2.05, 4.69) is 54.3 Å². The highest BCUT2D eigenvalue weighted by molar-refractivity contribution is 5.36. The molecule has 0 saturated carbocycles. The first-order valence-corrected chi connectivity index (χ1v) is 8.14. The molecule has 1 unspecified atom stereocenters. The number of pyridine rings is 1. The zero-order valence-electron chi connectivity index (χ0n) is 13.2. The molecule has 3 nitrogen and oxygen atoms in total. The molecule has 1 N–H and O–H groups in total. The smallest absolute Gasteiger partial charge is 0.125 e. The van der Waals surface area contributed by atoms with Crippen LogP contribution >= 0.6 is 0 Å². The van der Waals surface area contributed by atoms with Crippen molar-refractivity contribution in [3.8, 4) is 0 Å². The molecule has 0 aromatic carbocycles. The molecular weight excluding hydrogens is 246 g/mol. The van der Waals surface area contributed by atoms with Gasteiger partial charge in [0.2, 0.25) is 0 Å². The fourth-order valence-corrected chi connectivity index (χ4v) is 2.99. The van der Waals surface area contributed by atoms with Crippen LogP contribution in [-0.2, 0) is 0 Å². The lowest BCUT2D eigenvalue weighted by Crippen LogP contribution is -2.27. The minimum absolute atomic E-state index is 0.578. The van der Waals surface area contributed by atoms with E-state index in [1.165, 1.54) is 44.3 Å². The molecule has 1 atom stereocenters. The highest BCUT2D eigenvalue weighted by atomic mass is 15.2. The lowest BCUT2D eigenvalue weighted by atomic mass is 10.1. The largest absolute Gasteiger partial charge is 0.370 e. The summed E-state index contributed by atoms with van der Waals surface area (Å²) < 4.78 is 0. The summed E-state index contributed by atoms with van der Waals surface area (Å²) in [4.78, 5) is 7.19. The fourth-order valence-electron chi connectivity index (χ4n) is 2.99. The molecule has 0 bridgehead atoms. The summed E-state index contributed by atoms with van der Waals surface area (Å²) in [6.07, 6.45) is 7.08. The van der Waals surface area contributed by atoms with E-state index in [4.69, 9.17) is 0 Å². The van der Waals surface area contributed by atoms with Gasteiger partial charge in [-0.05, 0) is 43.4 Å². The highest BCUT2D eigenvalue weighted by Crippen LogP contribution is 2.32. The summed E-state index contributed by atoms with van der Waals surface area (Å²) in [5.74, 6) is 1.74. The maximum absolute atomic E-state index is 4.57. The van der Waals surface area contributed by atoms with E-state index in [9.17, 15) is 0 Å². The monoisotopic (exact) mass is 275 g/mol. The highest BCUT2D eigenvalue weighted by Gasteiger charge is 2.26. The molecule has 1 aliphatic heterocycles. The van der Waals surface area contributed by atoms with E-state index in [1.807, 2.05) is 0 Å². The molecule has 3 heteroatoms. The fraction of sp³-hybridized carbons (Fsp3) is 0.706. The zero-order valence-corrected chi connectivity index (χ0v) is 13.2. The van der Waals surface area contributed by atoms with Crippen molar-refractivity contribution in [1.82, 2.24) is 9.88 Å². The summed E-state index contributed by atoms with van der Waals surface area (Å²) in [5.41, 5.74) is 1.38. The summed E-state index contributed by atoms with van der Waals surface area (Å²) >= 11 is 0. The summed E-state index contributed by atoms with van der Waals surface area (Å²) in [5, 5.41) is 3.38. The molecule has 0 spiro atoms. The molecule has 0 amide bonds. The Hall–Kier alpha value is -1.09. The number of nitrogens with zero attached hydrogens (tertiary/aromatic N) is 2. The van der Waals surface area contributed by atoms with Crippen LogP contribution in [0.3, 0.4) is 0 Å². The van der Waals surface area contributed by atoms with Crippen LogP contribution in [0.2, 0.25) is 0 Å². The Morgan fingerprint density at radius 2 is 2.25 bits per heavy atom. The van der Waals surface area contributed by atoms with Crippen molar-refractivity contribution >= 4 is 5.82 Å². The van der Waals surface area contributed by atoms with E-state index in [1.54, 1.807) is 0 Å². The Morgan fingerprint density at radius 1 is 1.40 bits per heavy atom. The van der Waals surface area contributed by atoms with Gasteiger partial charge >= 0.3 is 0 Å². The maximum atomic E-state index is 4.57. The van der Waals surface area contributed by atoms with Gasteiger partial charge < -0.3 is 5.32 Å². The van der Waals surface area contributed by atoms with Gasteiger partial charge in [0, 0.05) is 25.3 Å². The van der Waals surface area contributed by atoms with Gasteiger partial charge in [-0.15, -0.1) is 0 Å². The predicted octanol–water partition coefficient (Wildman–Crippen LogP) is 4.09. The van der Waals surface area contributed by atoms with Crippen LogP contribution in [0.25, 0.3) is 0 Å². The van der Waals surface area contributed by atoms with Crippen LogP contribution in [0, 0.1) is 5.92 Å². The molecule has 1 aliphatic rings. The third-order valence-electron chi connectivity index (χ3n) is 3.97. The Labute approximate surface area is 123 Å². The number of likely N-dealkylation sites (tertiary alicyclic amines) is 1. The van der Waals surface area contributed by atoms with Crippen molar-refractivity contribution in [2.24, 2.45) is 5.92 Å². The van der Waals surface area contributed by atoms with Gasteiger partial charge in [-0.2, -0.15) is 0 Å². The summed E-state index contributed by atoms with van der Waals surface area (Å²) in [6.45, 7) is 10.3. The topological polar surface area (TPSA) is 28.2 Å². The molecule has 2 rings (SSSR count). The van der Waals surface area contributed by atoms with Crippen LogP contribution in [0.5, 0.6) is 0 Å². The van der Waals surface area contributed by atoms with Crippen molar-refractivity contribution in [2.45, 2.75) is 52.5 Å². The van der Waals surface area contributed by atoms with Crippen LogP contribution in [0.15, 0.2) is 18.3 Å². The molecule has 1 saturated heterocycles. The minimum atomic E-state index is 0.578. The number of rotatable bonds is 7. The van der Waals surface area contributed by atoms with E-state index in [-0.39, 0.29) is 0 Å². The van der Waals surface area contributed by atoms with E-state index < -0.39 is 0 Å². The second-order valence-corrected chi connectivity index (χ2v) is 6.30. The number of aromatic nitrogens is 1. The molecular formula is C17H29N3. The number of unbranched alkanes of at least 4 members (excludes halogenated alkanes) is 1. The summed E-state index contributed by atoms with van der Waals surface area (Å²) in [6, 6.07) is 4.97. The number of nitrogens with one attached hydrogen (secondary N) is 1. The quantitative estimate of drug-likeness (QED) is 0.760. The van der Waals surface area contributed by atoms with Crippen molar-refractivity contribution in [1.29, 1.82) is 0 Å². The van der Waals surface area contributed by atoms with E-state index in [0.29, 0.717) is 6.04 Å². The second kappa shape index (κ2) is 7.63. The first-order chi connectivity index (χ1) is 9.70. The van der Waals surface area contributed by atoms with Gasteiger partial charge in [0.05, 0.1) is 0 Å². The van der Waals surface area contributed by atoms with Gasteiger partial charge in [0.1, 0.15) is 5.82 Å². The third kappa shape index (κ3) is 4.20. The second-order valence-electron chi connectivity index (χ2n) is 6.30. The lowest BCUT2D eigenvalue weighted by Gasteiger charge is -2.26. The van der Waals surface area contributed by atoms with Crippen LogP contribution in [0.4, 0.5) is 5.82 Å². The maximum Gasteiger partial charge on any atom is 0.125 e. The third-order valence-corrected chi connectivity index (χ3v) is 3.97. The number of hydrogen-bond donors (Lipinski definition) is 1. The molecule has 1 aromatic rings. The van der Waals surface area contributed by atoms with E-state index in [0.717, 1.165) is 18.3 Å². The van der Waals surface area contributed by atoms with E-state index >= 15 is 0 Å². The Kier molecular flexibility index (Phi) is 5.84. The molecule has 1 aromatic heterocycles. The van der Waals surface area contributed by atoms with Crippen molar-refractivity contribution in [2.75, 3.05) is 25.0 Å².